The molecule has 0 aliphatic rings. The third-order valence-electron chi connectivity index (χ3n) is 2.52. The van der Waals surface area contributed by atoms with E-state index in [0.717, 1.165) is 11.1 Å². The van der Waals surface area contributed by atoms with E-state index in [4.69, 9.17) is 4.42 Å². The van der Waals surface area contributed by atoms with Crippen molar-refractivity contribution in [2.45, 2.75) is 13.8 Å². The van der Waals surface area contributed by atoms with E-state index < -0.39 is 0 Å². The second-order valence-electron chi connectivity index (χ2n) is 3.97. The second-order valence-corrected chi connectivity index (χ2v) is 3.97. The Morgan fingerprint density at radius 1 is 1.22 bits per heavy atom. The summed E-state index contributed by atoms with van der Waals surface area (Å²) in [6.07, 6.45) is 1.61. The molecule has 18 heavy (non-hydrogen) atoms. The fourth-order valence-electron chi connectivity index (χ4n) is 1.50. The zero-order valence-corrected chi connectivity index (χ0v) is 10.3. The fraction of sp³-hybridized carbons (Fsp3) is 0.143. The predicted octanol–water partition coefficient (Wildman–Crippen LogP) is 2.66. The third kappa shape index (κ3) is 2.85. The Bertz CT molecular complexity index is 585. The van der Waals surface area contributed by atoms with Crippen LogP contribution >= 0.6 is 0 Å². The van der Waals surface area contributed by atoms with Gasteiger partial charge in [0.2, 0.25) is 0 Å². The number of carbonyl (C=O) groups is 1. The summed E-state index contributed by atoms with van der Waals surface area (Å²) in [6, 6.07) is 11.2. The van der Waals surface area contributed by atoms with Gasteiger partial charge >= 0.3 is 5.91 Å². The molecule has 4 nitrogen and oxygen atoms in total. The summed E-state index contributed by atoms with van der Waals surface area (Å²) in [5.74, 6) is 0.602. The van der Waals surface area contributed by atoms with Crippen molar-refractivity contribution in [2.75, 3.05) is 0 Å². The number of hydrogen-bond acceptors (Lipinski definition) is 3. The molecule has 92 valence electrons. The number of rotatable bonds is 3. The van der Waals surface area contributed by atoms with Gasteiger partial charge in [0.15, 0.2) is 5.76 Å². The Morgan fingerprint density at radius 2 is 2.00 bits per heavy atom. The Labute approximate surface area is 105 Å². The van der Waals surface area contributed by atoms with Gasteiger partial charge in [-0.05, 0) is 37.1 Å². The molecule has 2 aromatic rings. The number of nitrogens with one attached hydrogen (secondary N) is 1. The van der Waals surface area contributed by atoms with E-state index in [0.29, 0.717) is 5.76 Å². The molecule has 0 saturated carbocycles. The van der Waals surface area contributed by atoms with Crippen molar-refractivity contribution >= 4 is 12.1 Å². The zero-order chi connectivity index (χ0) is 13.0. The molecule has 0 atom stereocenters. The zero-order valence-electron chi connectivity index (χ0n) is 10.3. The molecule has 1 aromatic heterocycles. The van der Waals surface area contributed by atoms with Crippen LogP contribution in [0.2, 0.25) is 0 Å². The number of hydrogen-bond donors (Lipinski definition) is 1. The summed E-state index contributed by atoms with van der Waals surface area (Å²) in [5.41, 5.74) is 4.49. The first-order chi connectivity index (χ1) is 8.66. The molecular formula is C14H14N2O2. The molecule has 4 heteroatoms. The van der Waals surface area contributed by atoms with Crippen LogP contribution in [0.25, 0.3) is 0 Å². The van der Waals surface area contributed by atoms with E-state index in [1.165, 1.54) is 0 Å². The van der Waals surface area contributed by atoms with Crippen molar-refractivity contribution in [1.82, 2.24) is 5.43 Å². The van der Waals surface area contributed by atoms with Crippen LogP contribution in [-0.2, 0) is 0 Å². The van der Waals surface area contributed by atoms with Crippen molar-refractivity contribution in [2.24, 2.45) is 5.10 Å². The van der Waals surface area contributed by atoms with E-state index in [1.54, 1.807) is 25.3 Å². The summed E-state index contributed by atoms with van der Waals surface area (Å²) >= 11 is 0. The minimum absolute atomic E-state index is 0.259. The molecule has 0 aliphatic heterocycles. The van der Waals surface area contributed by atoms with Crippen molar-refractivity contribution in [3.63, 3.8) is 0 Å². The lowest BCUT2D eigenvalue weighted by Crippen LogP contribution is -2.16. The Balaban J connectivity index is 2.00. The summed E-state index contributed by atoms with van der Waals surface area (Å²) in [4.78, 5) is 11.6. The molecule has 0 saturated heterocycles. The molecule has 1 amide bonds. The van der Waals surface area contributed by atoms with Gasteiger partial charge in [-0.3, -0.25) is 4.79 Å². The van der Waals surface area contributed by atoms with Crippen LogP contribution in [0.3, 0.4) is 0 Å². The van der Waals surface area contributed by atoms with Gasteiger partial charge in [-0.25, -0.2) is 5.43 Å². The van der Waals surface area contributed by atoms with Gasteiger partial charge in [0.05, 0.1) is 6.21 Å². The summed E-state index contributed by atoms with van der Waals surface area (Å²) in [6.45, 7) is 3.77. The lowest BCUT2D eigenvalue weighted by molar-refractivity contribution is 0.0926. The fourth-order valence-corrected chi connectivity index (χ4v) is 1.50. The molecule has 0 aliphatic carbocycles. The van der Waals surface area contributed by atoms with Gasteiger partial charge in [-0.1, -0.05) is 24.3 Å². The first-order valence-electron chi connectivity index (χ1n) is 5.62. The first kappa shape index (κ1) is 12.1. The summed E-state index contributed by atoms with van der Waals surface area (Å²) in [5, 5.41) is 3.90. The van der Waals surface area contributed by atoms with Gasteiger partial charge in [-0.15, -0.1) is 0 Å². The van der Waals surface area contributed by atoms with E-state index in [-0.39, 0.29) is 11.7 Å². The lowest BCUT2D eigenvalue weighted by atomic mass is 10.1. The van der Waals surface area contributed by atoms with Gasteiger partial charge in [0, 0.05) is 0 Å². The standard InChI is InChI=1S/C14H14N2O2/c1-10-5-3-4-6-12(10)9-15-16-14(17)13-8-7-11(2)18-13/h3-9H,1-2H3,(H,16,17)/b15-9+. The average molecular weight is 242 g/mol. The second kappa shape index (κ2) is 5.31. The average Bonchev–Trinajstić information content (AvgIpc) is 2.78. The molecule has 2 rings (SSSR count). The number of furan rings is 1. The van der Waals surface area contributed by atoms with E-state index in [2.05, 4.69) is 10.5 Å². The molecule has 0 radical (unpaired) electrons. The number of amides is 1. The molecule has 0 bridgehead atoms. The highest BCUT2D eigenvalue weighted by Crippen LogP contribution is 2.06. The molecule has 1 heterocycles. The number of carbonyl (C=O) groups excluding carboxylic acids is 1. The van der Waals surface area contributed by atoms with E-state index in [1.807, 2.05) is 31.2 Å². The Kier molecular flexibility index (Phi) is 3.57. The minimum Gasteiger partial charge on any atom is -0.456 e. The highest BCUT2D eigenvalue weighted by Gasteiger charge is 2.07. The molecule has 0 spiro atoms. The first-order valence-corrected chi connectivity index (χ1v) is 5.62. The summed E-state index contributed by atoms with van der Waals surface area (Å²) in [7, 11) is 0. The Morgan fingerprint density at radius 3 is 2.67 bits per heavy atom. The largest absolute Gasteiger partial charge is 0.456 e. The maximum absolute atomic E-state index is 11.6. The van der Waals surface area contributed by atoms with Gasteiger partial charge < -0.3 is 4.42 Å². The van der Waals surface area contributed by atoms with Crippen LogP contribution in [0.5, 0.6) is 0 Å². The van der Waals surface area contributed by atoms with Crippen LogP contribution < -0.4 is 5.43 Å². The monoisotopic (exact) mass is 242 g/mol. The highest BCUT2D eigenvalue weighted by atomic mass is 16.3. The van der Waals surface area contributed by atoms with E-state index >= 15 is 0 Å². The summed E-state index contributed by atoms with van der Waals surface area (Å²) < 4.78 is 5.19. The maximum atomic E-state index is 11.6. The van der Waals surface area contributed by atoms with E-state index in [9.17, 15) is 4.79 Å². The lowest BCUT2D eigenvalue weighted by Gasteiger charge is -1.98. The number of nitrogens with zero attached hydrogens (tertiary/aromatic N) is 1. The smallest absolute Gasteiger partial charge is 0.307 e. The minimum atomic E-state index is -0.354. The molecule has 1 aromatic carbocycles. The predicted molar refractivity (Wildman–Crippen MR) is 69.7 cm³/mol. The maximum Gasteiger partial charge on any atom is 0.307 e. The molecular weight excluding hydrogens is 228 g/mol. The Hall–Kier alpha value is -2.36. The quantitative estimate of drug-likeness (QED) is 0.664. The van der Waals surface area contributed by atoms with Crippen LogP contribution in [0.15, 0.2) is 45.9 Å². The van der Waals surface area contributed by atoms with Gasteiger partial charge in [0.1, 0.15) is 5.76 Å². The number of benzene rings is 1. The van der Waals surface area contributed by atoms with Crippen LogP contribution in [0.1, 0.15) is 27.4 Å². The molecule has 0 unspecified atom stereocenters. The highest BCUT2D eigenvalue weighted by molar-refractivity contribution is 5.92. The van der Waals surface area contributed by atoms with Crippen molar-refractivity contribution < 1.29 is 9.21 Å². The van der Waals surface area contributed by atoms with Crippen LogP contribution in [0, 0.1) is 13.8 Å². The normalized spacial score (nSPS) is 10.8. The number of aryl methyl sites for hydroxylation is 2. The van der Waals surface area contributed by atoms with Crippen molar-refractivity contribution in [1.29, 1.82) is 0 Å². The topological polar surface area (TPSA) is 54.6 Å². The number of hydrazone groups is 1. The third-order valence-corrected chi connectivity index (χ3v) is 2.52. The van der Waals surface area contributed by atoms with Crippen LogP contribution in [0.4, 0.5) is 0 Å². The van der Waals surface area contributed by atoms with Crippen molar-refractivity contribution in [3.8, 4) is 0 Å². The molecule has 0 fully saturated rings. The SMILES string of the molecule is Cc1ccc(C(=O)N/N=C/c2ccccc2C)o1. The van der Waals surface area contributed by atoms with Gasteiger partial charge in [0.25, 0.3) is 0 Å². The van der Waals surface area contributed by atoms with Crippen molar-refractivity contribution in [3.05, 3.63) is 59.0 Å². The molecule has 1 N–H and O–H groups in total. The van der Waals surface area contributed by atoms with Crippen LogP contribution in [-0.4, -0.2) is 12.1 Å². The van der Waals surface area contributed by atoms with Gasteiger partial charge in [-0.2, -0.15) is 5.10 Å².